The molecule has 0 radical (unpaired) electrons. The number of carbonyl (C=O) groups is 1. The minimum absolute atomic E-state index is 0.0246. The first-order valence-electron chi connectivity index (χ1n) is 12.2. The summed E-state index contributed by atoms with van der Waals surface area (Å²) < 4.78 is 5.83. The van der Waals surface area contributed by atoms with Crippen molar-refractivity contribution in [2.75, 3.05) is 24.7 Å². The van der Waals surface area contributed by atoms with Crippen LogP contribution >= 0.6 is 23.1 Å². The largest absolute Gasteiger partial charge is 0.372 e. The fraction of sp³-hybridized carbons (Fsp3) is 0.462. The Labute approximate surface area is 213 Å². The number of aliphatic imine (C=N–C) groups is 1. The van der Waals surface area contributed by atoms with Crippen molar-refractivity contribution in [3.63, 3.8) is 0 Å². The van der Waals surface area contributed by atoms with Crippen LogP contribution in [0.1, 0.15) is 41.8 Å². The predicted molar refractivity (Wildman–Crippen MR) is 142 cm³/mol. The minimum atomic E-state index is 0.0246. The van der Waals surface area contributed by atoms with E-state index in [-0.39, 0.29) is 24.0 Å². The molecule has 6 rings (SSSR count). The second-order valence-corrected chi connectivity index (χ2v) is 11.6. The Balaban J connectivity index is 1.29. The summed E-state index contributed by atoms with van der Waals surface area (Å²) in [5, 5.41) is 4.72. The lowest BCUT2D eigenvalue weighted by Gasteiger charge is -2.37. The Morgan fingerprint density at radius 1 is 1.23 bits per heavy atom. The van der Waals surface area contributed by atoms with Gasteiger partial charge in [0.05, 0.1) is 29.8 Å². The molecule has 3 aliphatic rings. The molecule has 182 valence electrons. The number of thioether (sulfide) groups is 1. The highest BCUT2D eigenvalue weighted by atomic mass is 32.2. The second-order valence-electron chi connectivity index (χ2n) is 9.69. The molecule has 0 spiro atoms. The van der Waals surface area contributed by atoms with Gasteiger partial charge in [0.25, 0.3) is 0 Å². The number of hydrogen-bond acceptors (Lipinski definition) is 8. The molecule has 1 saturated heterocycles. The van der Waals surface area contributed by atoms with Gasteiger partial charge in [0.2, 0.25) is 5.91 Å². The van der Waals surface area contributed by atoms with E-state index in [0.29, 0.717) is 13.1 Å². The fourth-order valence-corrected chi connectivity index (χ4v) is 7.42. The molecule has 3 aromatic rings. The lowest BCUT2D eigenvalue weighted by molar-refractivity contribution is -0.147. The monoisotopic (exact) mass is 507 g/mol. The average Bonchev–Trinajstić information content (AvgIpc) is 3.46. The van der Waals surface area contributed by atoms with E-state index in [9.17, 15) is 4.79 Å². The van der Waals surface area contributed by atoms with Crippen molar-refractivity contribution < 1.29 is 9.53 Å². The van der Waals surface area contributed by atoms with Gasteiger partial charge in [-0.05, 0) is 68.2 Å². The lowest BCUT2D eigenvalue weighted by Crippen LogP contribution is -2.50. The van der Waals surface area contributed by atoms with E-state index in [2.05, 4.69) is 38.7 Å². The Bertz CT molecular complexity index is 1330. The van der Waals surface area contributed by atoms with Crippen molar-refractivity contribution in [1.82, 2.24) is 14.9 Å². The van der Waals surface area contributed by atoms with Crippen LogP contribution in [0.25, 0.3) is 10.2 Å². The number of carbonyl (C=O) groups excluding carboxylic acids is 1. The van der Waals surface area contributed by atoms with E-state index in [4.69, 9.17) is 4.74 Å². The molecule has 2 aromatic heterocycles. The first-order chi connectivity index (χ1) is 17.0. The number of amides is 1. The summed E-state index contributed by atoms with van der Waals surface area (Å²) in [7, 11) is 0. The van der Waals surface area contributed by atoms with Crippen LogP contribution in [0.15, 0.2) is 28.3 Å². The summed E-state index contributed by atoms with van der Waals surface area (Å²) in [4.78, 5) is 32.5. The van der Waals surface area contributed by atoms with Gasteiger partial charge in [0, 0.05) is 35.0 Å². The van der Waals surface area contributed by atoms with Gasteiger partial charge in [-0.1, -0.05) is 0 Å². The van der Waals surface area contributed by atoms with Crippen LogP contribution in [0.5, 0.6) is 0 Å². The first kappa shape index (κ1) is 22.9. The number of morpholine rings is 1. The molecule has 9 heteroatoms. The standard InChI is InChI=1S/C26H29N5O2S2/c1-14-11-31(12-15(2)33-14)26(32)16-4-5-19-21(7-16)35-25-23(19)24(28-13-29-25)30-20-6-17-9-27-10-18(17)8-22(20)34-3/h6,8-9,13-16H,4-5,7,10-12H2,1-3H3,(H,28,29,30)/t14-,15-,16-/m0/s1. The maximum Gasteiger partial charge on any atom is 0.226 e. The Morgan fingerprint density at radius 2 is 2.06 bits per heavy atom. The second kappa shape index (κ2) is 9.19. The number of nitrogens with one attached hydrogen (secondary N) is 1. The number of aryl methyl sites for hydroxylation is 1. The van der Waals surface area contributed by atoms with Crippen molar-refractivity contribution in [1.29, 1.82) is 0 Å². The summed E-state index contributed by atoms with van der Waals surface area (Å²) in [6, 6.07) is 4.39. The zero-order valence-electron chi connectivity index (χ0n) is 20.2. The Kier molecular flexibility index (Phi) is 6.02. The van der Waals surface area contributed by atoms with Crippen LogP contribution < -0.4 is 5.32 Å². The molecule has 1 aliphatic carbocycles. The number of rotatable bonds is 4. The summed E-state index contributed by atoms with van der Waals surface area (Å²) >= 11 is 3.43. The number of ether oxygens (including phenoxy) is 1. The van der Waals surface area contributed by atoms with Crippen LogP contribution in [0, 0.1) is 5.92 Å². The van der Waals surface area contributed by atoms with Crippen LogP contribution in [0.3, 0.4) is 0 Å². The number of aromatic nitrogens is 2. The van der Waals surface area contributed by atoms with E-state index in [1.54, 1.807) is 29.4 Å². The zero-order valence-corrected chi connectivity index (χ0v) is 21.8. The molecule has 1 N–H and O–H groups in total. The molecule has 0 unspecified atom stereocenters. The number of nitrogens with zero attached hydrogens (tertiary/aromatic N) is 4. The third kappa shape index (κ3) is 4.23. The molecule has 0 saturated carbocycles. The summed E-state index contributed by atoms with van der Waals surface area (Å²) in [5.74, 6) is 1.14. The molecule has 35 heavy (non-hydrogen) atoms. The summed E-state index contributed by atoms with van der Waals surface area (Å²) in [5.41, 5.74) is 4.77. The van der Waals surface area contributed by atoms with Gasteiger partial charge in [0.15, 0.2) is 0 Å². The lowest BCUT2D eigenvalue weighted by atomic mass is 9.86. The first-order valence-corrected chi connectivity index (χ1v) is 14.2. The molecule has 1 fully saturated rings. The molecule has 0 bridgehead atoms. The molecule has 7 nitrogen and oxygen atoms in total. The van der Waals surface area contributed by atoms with Crippen molar-refractivity contribution in [3.8, 4) is 0 Å². The topological polar surface area (TPSA) is 79.7 Å². The predicted octanol–water partition coefficient (Wildman–Crippen LogP) is 4.83. The van der Waals surface area contributed by atoms with E-state index < -0.39 is 0 Å². The highest BCUT2D eigenvalue weighted by molar-refractivity contribution is 7.98. The Hall–Kier alpha value is -2.49. The molecule has 3 atom stereocenters. The SMILES string of the molecule is CSc1cc2c(cc1Nc1ncnc3sc4c(c13)CC[C@H](C(=O)N1C[C@H](C)O[C@@H](C)C1)C4)C=NC2. The normalized spacial score (nSPS) is 23.4. The summed E-state index contributed by atoms with van der Waals surface area (Å²) in [6.45, 7) is 6.21. The molecule has 4 heterocycles. The number of thiophene rings is 1. The van der Waals surface area contributed by atoms with Gasteiger partial charge in [-0.3, -0.25) is 9.79 Å². The van der Waals surface area contributed by atoms with Gasteiger partial charge >= 0.3 is 0 Å². The molecular weight excluding hydrogens is 478 g/mol. The van der Waals surface area contributed by atoms with Crippen molar-refractivity contribution >= 4 is 56.9 Å². The van der Waals surface area contributed by atoms with Crippen molar-refractivity contribution in [3.05, 3.63) is 40.0 Å². The number of benzene rings is 1. The fourth-order valence-electron chi connectivity index (χ4n) is 5.56. The van der Waals surface area contributed by atoms with E-state index >= 15 is 0 Å². The van der Waals surface area contributed by atoms with Crippen LogP contribution in [0.2, 0.25) is 0 Å². The van der Waals surface area contributed by atoms with Crippen molar-refractivity contribution in [2.45, 2.75) is 56.8 Å². The van der Waals surface area contributed by atoms with E-state index in [0.717, 1.165) is 53.1 Å². The van der Waals surface area contributed by atoms with Crippen LogP contribution in [-0.4, -0.2) is 58.5 Å². The Morgan fingerprint density at radius 3 is 2.86 bits per heavy atom. The summed E-state index contributed by atoms with van der Waals surface area (Å²) in [6.07, 6.45) is 8.36. The quantitative estimate of drug-likeness (QED) is 0.510. The van der Waals surface area contributed by atoms with Crippen LogP contribution in [-0.2, 0) is 28.9 Å². The van der Waals surface area contributed by atoms with Gasteiger partial charge in [-0.25, -0.2) is 9.97 Å². The van der Waals surface area contributed by atoms with Crippen LogP contribution in [0.4, 0.5) is 11.5 Å². The van der Waals surface area contributed by atoms with Gasteiger partial charge in [-0.2, -0.15) is 0 Å². The molecular formula is C26H29N5O2S2. The third-order valence-electron chi connectivity index (χ3n) is 7.13. The zero-order chi connectivity index (χ0) is 24.1. The average molecular weight is 508 g/mol. The van der Waals surface area contributed by atoms with Gasteiger partial charge in [0.1, 0.15) is 17.0 Å². The number of hydrogen-bond donors (Lipinski definition) is 1. The highest BCUT2D eigenvalue weighted by Crippen LogP contribution is 2.42. The molecule has 1 aromatic carbocycles. The molecule has 1 amide bonds. The van der Waals surface area contributed by atoms with Gasteiger partial charge < -0.3 is 15.0 Å². The van der Waals surface area contributed by atoms with E-state index in [1.165, 1.54) is 20.9 Å². The number of fused-ring (bicyclic) bond motifs is 4. The molecule has 2 aliphatic heterocycles. The smallest absolute Gasteiger partial charge is 0.226 e. The highest BCUT2D eigenvalue weighted by Gasteiger charge is 2.34. The minimum Gasteiger partial charge on any atom is -0.372 e. The maximum absolute atomic E-state index is 13.4. The van der Waals surface area contributed by atoms with Crippen molar-refractivity contribution in [2.24, 2.45) is 10.9 Å². The van der Waals surface area contributed by atoms with E-state index in [1.807, 2.05) is 25.0 Å². The number of anilines is 2. The van der Waals surface area contributed by atoms with Gasteiger partial charge in [-0.15, -0.1) is 23.1 Å². The maximum atomic E-state index is 13.4. The third-order valence-corrected chi connectivity index (χ3v) is 9.07.